The summed E-state index contributed by atoms with van der Waals surface area (Å²) in [4.78, 5) is 18.9. The number of halogens is 2. The molecule has 0 aliphatic carbocycles. The van der Waals surface area contributed by atoms with Crippen LogP contribution in [0.3, 0.4) is 0 Å². The van der Waals surface area contributed by atoms with Crippen molar-refractivity contribution in [3.63, 3.8) is 0 Å². The molecule has 1 aliphatic rings. The van der Waals surface area contributed by atoms with Crippen molar-refractivity contribution in [2.45, 2.75) is 25.8 Å². The molecule has 1 aliphatic heterocycles. The van der Waals surface area contributed by atoms with E-state index >= 15 is 0 Å². The fourth-order valence-corrected chi connectivity index (χ4v) is 4.44. The van der Waals surface area contributed by atoms with Crippen molar-refractivity contribution in [1.29, 1.82) is 0 Å². The van der Waals surface area contributed by atoms with Crippen molar-refractivity contribution in [2.75, 3.05) is 13.1 Å². The zero-order valence-electron chi connectivity index (χ0n) is 15.9. The van der Waals surface area contributed by atoms with Gasteiger partial charge in [0.2, 0.25) is 5.91 Å². The van der Waals surface area contributed by atoms with Crippen LogP contribution in [0.2, 0.25) is 0 Å². The Morgan fingerprint density at radius 2 is 1.83 bits per heavy atom. The Hall–Kier alpha value is -2.80. The maximum absolute atomic E-state index is 14.1. The van der Waals surface area contributed by atoms with Gasteiger partial charge in [0, 0.05) is 31.4 Å². The largest absolute Gasteiger partial charge is 0.343 e. The van der Waals surface area contributed by atoms with Crippen LogP contribution in [0.15, 0.2) is 58.9 Å². The van der Waals surface area contributed by atoms with Crippen molar-refractivity contribution in [3.05, 3.63) is 70.3 Å². The molecule has 7 heteroatoms. The number of aromatic nitrogens is 1. The van der Waals surface area contributed by atoms with Crippen molar-refractivity contribution in [1.82, 2.24) is 9.47 Å². The van der Waals surface area contributed by atoms with Gasteiger partial charge in [-0.1, -0.05) is 12.1 Å². The standard InChI is InChI=1S/C22H21F2N3OS/c23-17-10-8-16(9-11-17)20-15-29-22(25-19-6-2-1-5-18(19)24)27(20)14-4-13-26-12-3-7-21(26)28/h1-2,5-6,8-11,15H,3-4,7,12-14H2. The summed E-state index contributed by atoms with van der Waals surface area (Å²) >= 11 is 1.42. The first kappa shape index (κ1) is 19.5. The minimum absolute atomic E-state index is 0.204. The number of thiazole rings is 1. The number of para-hydroxylation sites is 1. The lowest BCUT2D eigenvalue weighted by molar-refractivity contribution is -0.127. The van der Waals surface area contributed by atoms with Gasteiger partial charge in [-0.2, -0.15) is 0 Å². The molecule has 0 N–H and O–H groups in total. The molecule has 0 radical (unpaired) electrons. The van der Waals surface area contributed by atoms with Gasteiger partial charge in [0.05, 0.1) is 5.69 Å². The number of carbonyl (C=O) groups is 1. The van der Waals surface area contributed by atoms with E-state index in [2.05, 4.69) is 4.99 Å². The van der Waals surface area contributed by atoms with Crippen molar-refractivity contribution < 1.29 is 13.6 Å². The second-order valence-electron chi connectivity index (χ2n) is 6.96. The highest BCUT2D eigenvalue weighted by atomic mass is 32.1. The van der Waals surface area contributed by atoms with Crippen LogP contribution in [0.25, 0.3) is 11.3 Å². The Balaban J connectivity index is 1.66. The van der Waals surface area contributed by atoms with Gasteiger partial charge in [0.15, 0.2) is 4.80 Å². The van der Waals surface area contributed by atoms with Crippen molar-refractivity contribution in [3.8, 4) is 11.3 Å². The average Bonchev–Trinajstić information content (AvgIpc) is 3.31. The van der Waals surface area contributed by atoms with Gasteiger partial charge in [-0.05, 0) is 54.8 Å². The lowest BCUT2D eigenvalue weighted by Gasteiger charge is -2.16. The van der Waals surface area contributed by atoms with Crippen molar-refractivity contribution >= 4 is 22.9 Å². The molecule has 4 nitrogen and oxygen atoms in total. The van der Waals surface area contributed by atoms with E-state index < -0.39 is 0 Å². The summed E-state index contributed by atoms with van der Waals surface area (Å²) < 4.78 is 29.5. The second kappa shape index (κ2) is 8.69. The molecule has 1 fully saturated rings. The summed E-state index contributed by atoms with van der Waals surface area (Å²) in [5.41, 5.74) is 2.05. The predicted octanol–water partition coefficient (Wildman–Crippen LogP) is 4.74. The van der Waals surface area contributed by atoms with Crippen LogP contribution in [0, 0.1) is 11.6 Å². The lowest BCUT2D eigenvalue weighted by atomic mass is 10.1. The number of amides is 1. The minimum atomic E-state index is -0.376. The predicted molar refractivity (Wildman–Crippen MR) is 110 cm³/mol. The summed E-state index contributed by atoms with van der Waals surface area (Å²) in [6.45, 7) is 2.13. The van der Waals surface area contributed by atoms with Crippen LogP contribution < -0.4 is 4.80 Å². The molecule has 29 heavy (non-hydrogen) atoms. The Bertz CT molecular complexity index is 1070. The number of hydrogen-bond donors (Lipinski definition) is 0. The fraction of sp³-hybridized carbons (Fsp3) is 0.273. The number of carbonyl (C=O) groups excluding carboxylic acids is 1. The smallest absolute Gasteiger partial charge is 0.222 e. The van der Waals surface area contributed by atoms with Gasteiger partial charge >= 0.3 is 0 Å². The fourth-order valence-electron chi connectivity index (χ4n) is 3.49. The van der Waals surface area contributed by atoms with E-state index in [-0.39, 0.29) is 23.2 Å². The molecule has 2 heterocycles. The Kier molecular flexibility index (Phi) is 5.85. The maximum Gasteiger partial charge on any atom is 0.222 e. The van der Waals surface area contributed by atoms with E-state index in [1.807, 2.05) is 14.8 Å². The highest BCUT2D eigenvalue weighted by molar-refractivity contribution is 7.07. The molecule has 0 bridgehead atoms. The minimum Gasteiger partial charge on any atom is -0.343 e. The van der Waals surface area contributed by atoms with Crippen molar-refractivity contribution in [2.24, 2.45) is 4.99 Å². The third-order valence-electron chi connectivity index (χ3n) is 4.99. The van der Waals surface area contributed by atoms with Gasteiger partial charge in [0.25, 0.3) is 0 Å². The van der Waals surface area contributed by atoms with Crippen LogP contribution >= 0.6 is 11.3 Å². The van der Waals surface area contributed by atoms with E-state index in [0.29, 0.717) is 24.3 Å². The van der Waals surface area contributed by atoms with E-state index in [4.69, 9.17) is 0 Å². The van der Waals surface area contributed by atoms with Gasteiger partial charge in [0.1, 0.15) is 17.3 Å². The Morgan fingerprint density at radius 1 is 1.03 bits per heavy atom. The molecule has 3 aromatic rings. The molecular formula is C22H21F2N3OS. The second-order valence-corrected chi connectivity index (χ2v) is 7.80. The molecule has 4 rings (SSSR count). The Morgan fingerprint density at radius 3 is 2.55 bits per heavy atom. The average molecular weight is 413 g/mol. The zero-order valence-corrected chi connectivity index (χ0v) is 16.7. The first-order valence-corrected chi connectivity index (χ1v) is 10.5. The monoisotopic (exact) mass is 413 g/mol. The van der Waals surface area contributed by atoms with Crippen LogP contribution in [0.4, 0.5) is 14.5 Å². The summed E-state index contributed by atoms with van der Waals surface area (Å²) in [6, 6.07) is 12.7. The number of hydrogen-bond acceptors (Lipinski definition) is 3. The van der Waals surface area contributed by atoms with Crippen LogP contribution in [-0.4, -0.2) is 28.5 Å². The molecule has 150 valence electrons. The molecule has 2 aromatic carbocycles. The first-order valence-electron chi connectivity index (χ1n) is 9.63. The molecule has 0 spiro atoms. The highest BCUT2D eigenvalue weighted by Gasteiger charge is 2.19. The van der Waals surface area contributed by atoms with Crippen LogP contribution in [0.1, 0.15) is 19.3 Å². The van der Waals surface area contributed by atoms with Gasteiger partial charge in [-0.3, -0.25) is 4.79 Å². The normalized spacial score (nSPS) is 14.8. The number of likely N-dealkylation sites (tertiary alicyclic amines) is 1. The third-order valence-corrected chi connectivity index (χ3v) is 5.85. The number of nitrogens with zero attached hydrogens (tertiary/aromatic N) is 3. The summed E-state index contributed by atoms with van der Waals surface area (Å²) in [5, 5.41) is 1.95. The molecule has 1 aromatic heterocycles. The number of rotatable bonds is 6. The van der Waals surface area contributed by atoms with Crippen LogP contribution in [0.5, 0.6) is 0 Å². The molecule has 1 saturated heterocycles. The van der Waals surface area contributed by atoms with Gasteiger partial charge < -0.3 is 9.47 Å². The summed E-state index contributed by atoms with van der Waals surface area (Å²) in [5.74, 6) is -0.465. The number of benzene rings is 2. The molecule has 0 unspecified atom stereocenters. The SMILES string of the molecule is O=C1CCCN1CCCn1c(-c2ccc(F)cc2)csc1=Nc1ccccc1F. The lowest BCUT2D eigenvalue weighted by Crippen LogP contribution is -2.27. The molecule has 0 saturated carbocycles. The van der Waals surface area contributed by atoms with E-state index in [9.17, 15) is 13.6 Å². The molecule has 0 atom stereocenters. The summed E-state index contributed by atoms with van der Waals surface area (Å²) in [7, 11) is 0. The first-order chi connectivity index (χ1) is 14.1. The quantitative estimate of drug-likeness (QED) is 0.575. The molecule has 1 amide bonds. The van der Waals surface area contributed by atoms with E-state index in [1.54, 1.807) is 30.3 Å². The topological polar surface area (TPSA) is 37.6 Å². The highest BCUT2D eigenvalue weighted by Crippen LogP contribution is 2.23. The summed E-state index contributed by atoms with van der Waals surface area (Å²) in [6.07, 6.45) is 2.31. The van der Waals surface area contributed by atoms with Crippen LogP contribution in [-0.2, 0) is 11.3 Å². The Labute approximate surface area is 171 Å². The van der Waals surface area contributed by atoms with Gasteiger partial charge in [-0.15, -0.1) is 11.3 Å². The van der Waals surface area contributed by atoms with Gasteiger partial charge in [-0.25, -0.2) is 13.8 Å². The van der Waals surface area contributed by atoms with E-state index in [1.165, 1.54) is 29.5 Å². The van der Waals surface area contributed by atoms with E-state index in [0.717, 1.165) is 30.6 Å². The third kappa shape index (κ3) is 4.45. The maximum atomic E-state index is 14.1. The zero-order chi connectivity index (χ0) is 20.2. The molecular weight excluding hydrogens is 392 g/mol.